The number of hydrogen-bond donors (Lipinski definition) is 14. The average Bonchev–Trinajstić information content (AvgIpc) is 3.68. The minimum Gasteiger partial charge on any atom is -0.394 e. The predicted molar refractivity (Wildman–Crippen MR) is 238 cm³/mol. The van der Waals surface area contributed by atoms with E-state index in [4.69, 9.17) is 28.4 Å². The molecule has 0 amide bonds. The Balaban J connectivity index is 1.16. The van der Waals surface area contributed by atoms with Crippen LogP contribution in [-0.2, 0) is 33.3 Å². The van der Waals surface area contributed by atoms with Crippen LogP contribution >= 0.6 is 0 Å². The molecule has 0 aromatic heterocycles. The van der Waals surface area contributed by atoms with Crippen molar-refractivity contribution in [1.82, 2.24) is 0 Å². The average molecular weight is 995 g/mol. The van der Waals surface area contributed by atoms with Gasteiger partial charge in [-0.05, 0) is 111 Å². The van der Waals surface area contributed by atoms with E-state index in [-0.39, 0.29) is 36.5 Å². The molecule has 69 heavy (non-hydrogen) atoms. The van der Waals surface area contributed by atoms with E-state index < -0.39 is 163 Å². The van der Waals surface area contributed by atoms with E-state index in [1.54, 1.807) is 26.0 Å². The van der Waals surface area contributed by atoms with Gasteiger partial charge < -0.3 is 94.8 Å². The van der Waals surface area contributed by atoms with Crippen molar-refractivity contribution in [3.63, 3.8) is 0 Å². The molecule has 7 fully saturated rings. The molecule has 21 heteroatoms. The van der Waals surface area contributed by atoms with Crippen molar-refractivity contribution in [1.29, 1.82) is 0 Å². The van der Waals surface area contributed by atoms with Gasteiger partial charge in [0, 0.05) is 0 Å². The Labute approximate surface area is 403 Å². The van der Waals surface area contributed by atoms with Crippen LogP contribution in [0.15, 0.2) is 12.2 Å². The summed E-state index contributed by atoms with van der Waals surface area (Å²) < 4.78 is 36.8. The lowest BCUT2D eigenvalue weighted by Gasteiger charge is -2.71. The van der Waals surface area contributed by atoms with Crippen molar-refractivity contribution < 1.29 is 105 Å². The quantitative estimate of drug-likeness (QED) is 0.0404. The van der Waals surface area contributed by atoms with Gasteiger partial charge in [0.1, 0.15) is 78.8 Å². The molecule has 0 radical (unpaired) electrons. The minimum atomic E-state index is -1.86. The molecule has 7 rings (SSSR count). The summed E-state index contributed by atoms with van der Waals surface area (Å²) in [7, 11) is 0. The predicted octanol–water partition coefficient (Wildman–Crippen LogP) is -1.59. The highest BCUT2D eigenvalue weighted by atomic mass is 17.1. The molecular weight excluding hydrogens is 913 g/mol. The van der Waals surface area contributed by atoms with Crippen molar-refractivity contribution in [2.24, 2.45) is 45.3 Å². The van der Waals surface area contributed by atoms with Crippen LogP contribution in [0.2, 0.25) is 0 Å². The first-order chi connectivity index (χ1) is 32.1. The number of hydrogen-bond acceptors (Lipinski definition) is 21. The molecule has 4 aliphatic carbocycles. The lowest BCUT2D eigenvalue weighted by Crippen LogP contribution is -2.70. The third-order valence-corrected chi connectivity index (χ3v) is 18.8. The molecule has 21 nitrogen and oxygen atoms in total. The van der Waals surface area contributed by atoms with Gasteiger partial charge in [0.25, 0.3) is 0 Å². The molecule has 400 valence electrons. The van der Waals surface area contributed by atoms with E-state index in [1.165, 1.54) is 0 Å². The third kappa shape index (κ3) is 9.43. The van der Waals surface area contributed by atoms with Crippen molar-refractivity contribution in [3.05, 3.63) is 12.2 Å². The zero-order valence-corrected chi connectivity index (χ0v) is 41.0. The standard InChI is InChI=1S/C48H82O21/c1-43(2,69-62)12-9-13-48(8,68-41-37(61)34(58)31(55)25(19-50)64-41)21-10-14-47(7)29(21)22(52)16-28-45(5)17-23(53)39(44(3,4)27(45)11-15-46(28,47)6)67-42-38(35(59)32(56)26(20-51)65-42)66-40-36(60)33(57)30(54)24(18-49)63-40/h9,12,21-42,49-62H,10-11,13-20H2,1-8H3/b12-9+/t21-,22+,23+,24+,25+,26+,27-,28+,29-,30+,31+,32+,33-,34-,35-,36+,37+,38+,39-,40-,41-,42-,45-,46+,47+,48+/m0/s1. The summed E-state index contributed by atoms with van der Waals surface area (Å²) in [6.45, 7) is 13.7. The lowest BCUT2D eigenvalue weighted by molar-refractivity contribution is -0.383. The van der Waals surface area contributed by atoms with Gasteiger partial charge in [0.15, 0.2) is 18.9 Å². The van der Waals surface area contributed by atoms with Gasteiger partial charge in [-0.2, -0.15) is 0 Å². The van der Waals surface area contributed by atoms with E-state index in [2.05, 4.69) is 25.7 Å². The Morgan fingerprint density at radius 1 is 0.594 bits per heavy atom. The summed E-state index contributed by atoms with van der Waals surface area (Å²) >= 11 is 0. The van der Waals surface area contributed by atoms with E-state index in [9.17, 15) is 71.6 Å². The lowest BCUT2D eigenvalue weighted by atomic mass is 9.35. The van der Waals surface area contributed by atoms with Crippen LogP contribution in [0.25, 0.3) is 0 Å². The highest BCUT2D eigenvalue weighted by Gasteiger charge is 2.73. The van der Waals surface area contributed by atoms with Crippen LogP contribution in [0.5, 0.6) is 0 Å². The highest BCUT2D eigenvalue weighted by Crippen LogP contribution is 2.76. The van der Waals surface area contributed by atoms with Gasteiger partial charge in [-0.25, -0.2) is 4.89 Å². The number of fused-ring (bicyclic) bond motifs is 5. The van der Waals surface area contributed by atoms with Crippen LogP contribution in [0.1, 0.15) is 100 Å². The van der Waals surface area contributed by atoms with Crippen LogP contribution in [-0.4, -0.2) is 213 Å². The van der Waals surface area contributed by atoms with E-state index >= 15 is 0 Å². The van der Waals surface area contributed by atoms with Crippen LogP contribution in [0.4, 0.5) is 0 Å². The maximum atomic E-state index is 12.7. The summed E-state index contributed by atoms with van der Waals surface area (Å²) in [5, 5.41) is 151. The smallest absolute Gasteiger partial charge is 0.187 e. The number of ether oxygens (including phenoxy) is 6. The van der Waals surface area contributed by atoms with Gasteiger partial charge >= 0.3 is 0 Å². The van der Waals surface area contributed by atoms with Crippen molar-refractivity contribution >= 4 is 0 Å². The second kappa shape index (κ2) is 20.2. The zero-order valence-electron chi connectivity index (χ0n) is 41.0. The fourth-order valence-electron chi connectivity index (χ4n) is 14.9. The van der Waals surface area contributed by atoms with Crippen LogP contribution in [0.3, 0.4) is 0 Å². The van der Waals surface area contributed by atoms with E-state index in [0.717, 1.165) is 6.42 Å². The first kappa shape index (κ1) is 55.6. The molecular formula is C48H82O21. The summed E-state index contributed by atoms with van der Waals surface area (Å²) in [6.07, 6.45) is -20.2. The molecule has 0 spiro atoms. The fraction of sp³-hybridized carbons (Fsp3) is 0.958. The van der Waals surface area contributed by atoms with Gasteiger partial charge in [-0.15, -0.1) is 0 Å². The highest BCUT2D eigenvalue weighted by molar-refractivity contribution is 5.21. The van der Waals surface area contributed by atoms with Crippen LogP contribution < -0.4 is 0 Å². The SMILES string of the molecule is CC(C)(/C=C/C[C@@](C)(O[C@@H]1O[C@H](CO)[C@@H](O)[C@H](O)[C@H]1O)[C@H]1CC[C@]2(C)[C@@H]1[C@H](O)C[C@@H]1[C@@]3(C)C[C@@H](O)[C@H](O[C@@H]4O[C@H](CO)[C@@H](O)[C@H](O)[C@H]4O[C@@H]4O[C@H](CO)[C@@H](O)[C@H](O)[C@H]4O)C(C)(C)[C@@H]3CC[C@]12C)OO. The van der Waals surface area contributed by atoms with Crippen molar-refractivity contribution in [2.45, 2.75) is 222 Å². The molecule has 4 saturated carbocycles. The zero-order chi connectivity index (χ0) is 51.1. The molecule has 3 saturated heterocycles. The molecule has 14 N–H and O–H groups in total. The molecule has 0 unspecified atom stereocenters. The molecule has 3 aliphatic heterocycles. The molecule has 3 heterocycles. The number of aliphatic hydroxyl groups excluding tert-OH is 13. The summed E-state index contributed by atoms with van der Waals surface area (Å²) in [5.74, 6) is -0.960. The topological polar surface area (TPSA) is 348 Å². The molecule has 0 bridgehead atoms. The Morgan fingerprint density at radius 3 is 1.68 bits per heavy atom. The van der Waals surface area contributed by atoms with Gasteiger partial charge in [-0.1, -0.05) is 46.8 Å². The summed E-state index contributed by atoms with van der Waals surface area (Å²) in [6, 6.07) is 0. The second-order valence-corrected chi connectivity index (χ2v) is 23.5. The van der Waals surface area contributed by atoms with Gasteiger partial charge in [-0.3, -0.25) is 5.26 Å². The molecule has 7 aliphatic rings. The first-order valence-electron chi connectivity index (χ1n) is 24.7. The normalized spacial score (nSPS) is 52.2. The van der Waals surface area contributed by atoms with Gasteiger partial charge in [0.05, 0.1) is 43.7 Å². The Hall–Kier alpha value is -1.10. The fourth-order valence-corrected chi connectivity index (χ4v) is 14.9. The Morgan fingerprint density at radius 2 is 1.12 bits per heavy atom. The third-order valence-electron chi connectivity index (χ3n) is 18.8. The minimum absolute atomic E-state index is 0.124. The Bertz CT molecular complexity index is 1770. The van der Waals surface area contributed by atoms with E-state index in [1.807, 2.05) is 20.8 Å². The number of rotatable bonds is 14. The molecule has 0 aromatic rings. The second-order valence-electron chi connectivity index (χ2n) is 23.5. The molecule has 0 aromatic carbocycles. The Kier molecular flexibility index (Phi) is 16.3. The largest absolute Gasteiger partial charge is 0.394 e. The van der Waals surface area contributed by atoms with E-state index in [0.29, 0.717) is 25.7 Å². The van der Waals surface area contributed by atoms with Crippen molar-refractivity contribution in [3.8, 4) is 0 Å². The molecule has 26 atom stereocenters. The van der Waals surface area contributed by atoms with Gasteiger partial charge in [0.2, 0.25) is 0 Å². The number of aliphatic hydroxyl groups is 13. The summed E-state index contributed by atoms with van der Waals surface area (Å²) in [4.78, 5) is 4.66. The maximum absolute atomic E-state index is 12.7. The maximum Gasteiger partial charge on any atom is 0.187 e. The summed E-state index contributed by atoms with van der Waals surface area (Å²) in [5.41, 5.74) is -4.57. The van der Waals surface area contributed by atoms with Crippen LogP contribution in [0, 0.1) is 45.3 Å². The van der Waals surface area contributed by atoms with Crippen molar-refractivity contribution in [2.75, 3.05) is 19.8 Å². The monoisotopic (exact) mass is 995 g/mol. The first-order valence-corrected chi connectivity index (χ1v) is 24.7.